The van der Waals surface area contributed by atoms with Crippen LogP contribution in [0.1, 0.15) is 5.56 Å². The molecule has 2 N–H and O–H groups in total. The van der Waals surface area contributed by atoms with Crippen molar-refractivity contribution < 1.29 is 14.3 Å². The predicted octanol–water partition coefficient (Wildman–Crippen LogP) is 3.59. The minimum absolute atomic E-state index is 0.324. The van der Waals surface area contributed by atoms with Crippen molar-refractivity contribution in [1.29, 1.82) is 0 Å². The topological polar surface area (TPSA) is 79.8 Å². The summed E-state index contributed by atoms with van der Waals surface area (Å²) in [5.74, 6) is -1.27. The fourth-order valence-electron chi connectivity index (χ4n) is 2.51. The first-order valence-electron chi connectivity index (χ1n) is 8.04. The number of carbonyl (C=O) groups excluding carboxylic acids is 2. The molecular weight excluding hydrogens is 366 g/mol. The molecular formula is C20H16ClN3O3. The third kappa shape index (κ3) is 4.43. The molecule has 27 heavy (non-hydrogen) atoms. The van der Waals surface area contributed by atoms with Crippen molar-refractivity contribution in [3.05, 3.63) is 71.2 Å². The van der Waals surface area contributed by atoms with Crippen LogP contribution in [-0.4, -0.2) is 25.1 Å². The van der Waals surface area contributed by atoms with Gasteiger partial charge in [0.1, 0.15) is 5.75 Å². The van der Waals surface area contributed by atoms with Gasteiger partial charge in [-0.15, -0.1) is 0 Å². The highest BCUT2D eigenvalue weighted by molar-refractivity contribution is 6.40. The lowest BCUT2D eigenvalue weighted by Crippen LogP contribution is -2.32. The summed E-state index contributed by atoms with van der Waals surface area (Å²) in [4.78, 5) is 23.9. The fraction of sp³-hybridized carbons (Fsp3) is 0.0500. The van der Waals surface area contributed by atoms with Crippen LogP contribution in [0, 0.1) is 0 Å². The summed E-state index contributed by atoms with van der Waals surface area (Å²) in [6, 6.07) is 18.2. The highest BCUT2D eigenvalue weighted by atomic mass is 35.5. The molecule has 2 amide bonds. The summed E-state index contributed by atoms with van der Waals surface area (Å²) in [6.07, 6.45) is 1.50. The Morgan fingerprint density at radius 3 is 2.59 bits per heavy atom. The third-order valence-electron chi connectivity index (χ3n) is 3.81. The van der Waals surface area contributed by atoms with Crippen LogP contribution in [0.3, 0.4) is 0 Å². The summed E-state index contributed by atoms with van der Waals surface area (Å²) < 4.78 is 5.04. The number of hydrazone groups is 1. The van der Waals surface area contributed by atoms with Crippen molar-refractivity contribution in [2.24, 2.45) is 5.10 Å². The third-order valence-corrected chi connectivity index (χ3v) is 4.10. The van der Waals surface area contributed by atoms with E-state index in [9.17, 15) is 9.59 Å². The zero-order chi connectivity index (χ0) is 19.2. The quantitative estimate of drug-likeness (QED) is 0.411. The molecule has 0 aliphatic carbocycles. The molecule has 0 fully saturated rings. The van der Waals surface area contributed by atoms with E-state index in [2.05, 4.69) is 15.8 Å². The largest absolute Gasteiger partial charge is 0.495 e. The second-order valence-electron chi connectivity index (χ2n) is 5.57. The monoisotopic (exact) mass is 381 g/mol. The maximum absolute atomic E-state index is 12.0. The molecule has 0 heterocycles. The minimum atomic E-state index is -0.890. The number of carbonyl (C=O) groups is 2. The zero-order valence-electron chi connectivity index (χ0n) is 14.4. The summed E-state index contributed by atoms with van der Waals surface area (Å²) in [6.45, 7) is 0. The van der Waals surface area contributed by atoms with E-state index in [1.54, 1.807) is 12.1 Å². The molecule has 136 valence electrons. The number of fused-ring (bicyclic) bond motifs is 1. The van der Waals surface area contributed by atoms with E-state index >= 15 is 0 Å². The summed E-state index contributed by atoms with van der Waals surface area (Å²) >= 11 is 5.99. The second kappa shape index (κ2) is 8.33. The first-order chi connectivity index (χ1) is 13.1. The SMILES string of the molecule is COc1ccc(NC(=O)C(=O)NN=Cc2cccc3ccccc23)cc1Cl. The first kappa shape index (κ1) is 18.4. The number of hydrogen-bond donors (Lipinski definition) is 2. The molecule has 0 saturated carbocycles. The van der Waals surface area contributed by atoms with Crippen molar-refractivity contribution >= 4 is 46.1 Å². The average Bonchev–Trinajstić information content (AvgIpc) is 2.68. The molecule has 0 aliphatic rings. The van der Waals surface area contributed by atoms with Crippen molar-refractivity contribution in [1.82, 2.24) is 5.43 Å². The van der Waals surface area contributed by atoms with Crippen molar-refractivity contribution in [2.75, 3.05) is 12.4 Å². The molecule has 0 spiro atoms. The maximum Gasteiger partial charge on any atom is 0.329 e. The molecule has 7 heteroatoms. The van der Waals surface area contributed by atoms with Gasteiger partial charge in [-0.3, -0.25) is 9.59 Å². The van der Waals surface area contributed by atoms with Crippen LogP contribution in [-0.2, 0) is 9.59 Å². The number of rotatable bonds is 4. The van der Waals surface area contributed by atoms with Gasteiger partial charge < -0.3 is 10.1 Å². The van der Waals surface area contributed by atoms with E-state index in [1.165, 1.54) is 19.4 Å². The fourth-order valence-corrected chi connectivity index (χ4v) is 2.76. The minimum Gasteiger partial charge on any atom is -0.495 e. The molecule has 6 nitrogen and oxygen atoms in total. The van der Waals surface area contributed by atoms with Gasteiger partial charge in [0.15, 0.2) is 0 Å². The Hall–Kier alpha value is -3.38. The first-order valence-corrected chi connectivity index (χ1v) is 8.42. The van der Waals surface area contributed by atoms with Crippen LogP contribution >= 0.6 is 11.6 Å². The highest BCUT2D eigenvalue weighted by Gasteiger charge is 2.13. The number of ether oxygens (including phenoxy) is 1. The molecule has 3 rings (SSSR count). The van der Waals surface area contributed by atoms with Gasteiger partial charge in [-0.1, -0.05) is 54.1 Å². The van der Waals surface area contributed by atoms with Gasteiger partial charge in [0, 0.05) is 11.3 Å². The van der Waals surface area contributed by atoms with Gasteiger partial charge >= 0.3 is 11.8 Å². The summed E-state index contributed by atoms with van der Waals surface area (Å²) in [5.41, 5.74) is 3.42. The molecule has 0 aliphatic heterocycles. The standard InChI is InChI=1S/C20H16ClN3O3/c1-27-18-10-9-15(11-17(18)21)23-19(25)20(26)24-22-12-14-7-4-6-13-5-2-3-8-16(13)14/h2-12H,1H3,(H,23,25)(H,24,26). The van der Waals surface area contributed by atoms with Gasteiger partial charge in [0.05, 0.1) is 18.3 Å². The number of nitrogens with one attached hydrogen (secondary N) is 2. The van der Waals surface area contributed by atoms with Crippen LogP contribution in [0.25, 0.3) is 10.8 Å². The van der Waals surface area contributed by atoms with Crippen LogP contribution < -0.4 is 15.5 Å². The van der Waals surface area contributed by atoms with Gasteiger partial charge in [0.2, 0.25) is 0 Å². The van der Waals surface area contributed by atoms with Crippen LogP contribution in [0.2, 0.25) is 5.02 Å². The number of methoxy groups -OCH3 is 1. The van der Waals surface area contributed by atoms with Crippen LogP contribution in [0.5, 0.6) is 5.75 Å². The molecule has 0 unspecified atom stereocenters. The lowest BCUT2D eigenvalue weighted by molar-refractivity contribution is -0.136. The number of halogens is 1. The summed E-state index contributed by atoms with van der Waals surface area (Å²) in [5, 5.41) is 8.69. The number of hydrogen-bond acceptors (Lipinski definition) is 4. The lowest BCUT2D eigenvalue weighted by atomic mass is 10.1. The smallest absolute Gasteiger partial charge is 0.329 e. The predicted molar refractivity (Wildman–Crippen MR) is 106 cm³/mol. The van der Waals surface area contributed by atoms with Gasteiger partial charge in [-0.05, 0) is 29.0 Å². The van der Waals surface area contributed by atoms with Gasteiger partial charge in [-0.2, -0.15) is 5.10 Å². The Kier molecular flexibility index (Phi) is 5.68. The molecule has 3 aromatic rings. The molecule has 0 saturated heterocycles. The highest BCUT2D eigenvalue weighted by Crippen LogP contribution is 2.27. The van der Waals surface area contributed by atoms with Gasteiger partial charge in [0.25, 0.3) is 0 Å². The van der Waals surface area contributed by atoms with Crippen molar-refractivity contribution in [3.63, 3.8) is 0 Å². The molecule has 0 bridgehead atoms. The maximum atomic E-state index is 12.0. The Labute approximate surface area is 160 Å². The molecule has 0 radical (unpaired) electrons. The number of benzene rings is 3. The Balaban J connectivity index is 1.64. The van der Waals surface area contributed by atoms with E-state index < -0.39 is 11.8 Å². The Morgan fingerprint density at radius 2 is 1.81 bits per heavy atom. The van der Waals surface area contributed by atoms with Crippen molar-refractivity contribution in [3.8, 4) is 5.75 Å². The molecule has 0 aromatic heterocycles. The number of anilines is 1. The van der Waals surface area contributed by atoms with Crippen molar-refractivity contribution in [2.45, 2.75) is 0 Å². The molecule has 0 atom stereocenters. The summed E-state index contributed by atoms with van der Waals surface area (Å²) in [7, 11) is 1.49. The van der Waals surface area contributed by atoms with E-state index in [1.807, 2.05) is 42.5 Å². The van der Waals surface area contributed by atoms with Gasteiger partial charge in [-0.25, -0.2) is 5.43 Å². The second-order valence-corrected chi connectivity index (χ2v) is 5.98. The van der Waals surface area contributed by atoms with E-state index in [-0.39, 0.29) is 0 Å². The van der Waals surface area contributed by atoms with E-state index in [0.717, 1.165) is 16.3 Å². The molecule has 3 aromatic carbocycles. The average molecular weight is 382 g/mol. The van der Waals surface area contributed by atoms with E-state index in [4.69, 9.17) is 16.3 Å². The number of nitrogens with zero attached hydrogens (tertiary/aromatic N) is 1. The van der Waals surface area contributed by atoms with E-state index in [0.29, 0.717) is 16.5 Å². The van der Waals surface area contributed by atoms with Crippen LogP contribution in [0.15, 0.2) is 65.8 Å². The Bertz CT molecular complexity index is 1030. The zero-order valence-corrected chi connectivity index (χ0v) is 15.2. The number of amides is 2. The Morgan fingerprint density at radius 1 is 1.04 bits per heavy atom. The lowest BCUT2D eigenvalue weighted by Gasteiger charge is -2.07. The van der Waals surface area contributed by atoms with Crippen LogP contribution in [0.4, 0.5) is 5.69 Å². The normalized spacial score (nSPS) is 10.7.